The van der Waals surface area contributed by atoms with E-state index >= 15 is 0 Å². The molecule has 92 valence electrons. The van der Waals surface area contributed by atoms with Crippen molar-refractivity contribution in [2.24, 2.45) is 5.92 Å². The van der Waals surface area contributed by atoms with Crippen molar-refractivity contribution in [1.29, 1.82) is 0 Å². The van der Waals surface area contributed by atoms with Gasteiger partial charge in [-0.3, -0.25) is 9.69 Å². The van der Waals surface area contributed by atoms with Gasteiger partial charge in [0.1, 0.15) is 6.04 Å². The van der Waals surface area contributed by atoms with Crippen molar-refractivity contribution in [3.8, 4) is 0 Å². The molecule has 1 N–H and O–H groups in total. The molecule has 0 radical (unpaired) electrons. The van der Waals surface area contributed by atoms with Crippen LogP contribution in [0.15, 0.2) is 24.3 Å². The average molecular weight is 254 g/mol. The summed E-state index contributed by atoms with van der Waals surface area (Å²) in [5, 5.41) is 9.92. The molecule has 1 fully saturated rings. The lowest BCUT2D eigenvalue weighted by Gasteiger charge is -2.24. The van der Waals surface area contributed by atoms with E-state index in [2.05, 4.69) is 0 Å². The van der Waals surface area contributed by atoms with Crippen molar-refractivity contribution in [3.63, 3.8) is 0 Å². The molecule has 1 atom stereocenters. The van der Waals surface area contributed by atoms with Crippen LogP contribution in [0.25, 0.3) is 0 Å². The molecule has 0 aliphatic heterocycles. The molecule has 4 heteroatoms. The van der Waals surface area contributed by atoms with Crippen molar-refractivity contribution in [2.45, 2.75) is 25.4 Å². The van der Waals surface area contributed by atoms with E-state index in [1.807, 2.05) is 36.2 Å². The topological polar surface area (TPSA) is 40.5 Å². The van der Waals surface area contributed by atoms with Gasteiger partial charge in [0.2, 0.25) is 0 Å². The number of carboxylic acids is 1. The van der Waals surface area contributed by atoms with Gasteiger partial charge in [-0.05, 0) is 43.5 Å². The largest absolute Gasteiger partial charge is 0.480 e. The second-order valence-corrected chi connectivity index (χ2v) is 5.10. The number of hydrogen-bond donors (Lipinski definition) is 1. The predicted octanol–water partition coefficient (Wildman–Crippen LogP) is 2.64. The summed E-state index contributed by atoms with van der Waals surface area (Å²) in [7, 11) is 1.87. The molecule has 0 bridgehead atoms. The summed E-state index contributed by atoms with van der Waals surface area (Å²) in [6, 6.07) is 7.18. The fourth-order valence-electron chi connectivity index (χ4n) is 2.14. The number of carboxylic acid groups (broad SMARTS) is 1. The molecule has 2 rings (SSSR count). The van der Waals surface area contributed by atoms with Crippen LogP contribution in [0.5, 0.6) is 0 Å². The molecule has 1 saturated carbocycles. The van der Waals surface area contributed by atoms with Crippen molar-refractivity contribution in [1.82, 2.24) is 4.90 Å². The van der Waals surface area contributed by atoms with Crippen LogP contribution in [-0.2, 0) is 11.3 Å². The molecule has 1 aromatic carbocycles. The van der Waals surface area contributed by atoms with Crippen LogP contribution in [0.3, 0.4) is 0 Å². The van der Waals surface area contributed by atoms with Gasteiger partial charge < -0.3 is 5.11 Å². The Hall–Kier alpha value is -1.06. The van der Waals surface area contributed by atoms with Gasteiger partial charge in [-0.25, -0.2) is 0 Å². The van der Waals surface area contributed by atoms with Crippen LogP contribution in [0.2, 0.25) is 5.02 Å². The van der Waals surface area contributed by atoms with Crippen molar-refractivity contribution < 1.29 is 9.90 Å². The monoisotopic (exact) mass is 253 g/mol. The summed E-state index contributed by atoms with van der Waals surface area (Å²) in [5.41, 5.74) is 1.09. The molecule has 0 spiro atoms. The SMILES string of the molecule is CN(Cc1ccc(Cl)cc1)C(C(=O)O)C1CC1. The first-order chi connectivity index (χ1) is 8.08. The van der Waals surface area contributed by atoms with Crippen molar-refractivity contribution in [2.75, 3.05) is 7.05 Å². The first-order valence-corrected chi connectivity index (χ1v) is 6.13. The molecular formula is C13H16ClNO2. The van der Waals surface area contributed by atoms with Gasteiger partial charge in [-0.2, -0.15) is 0 Å². The molecule has 1 aliphatic carbocycles. The fourth-order valence-corrected chi connectivity index (χ4v) is 2.26. The van der Waals surface area contributed by atoms with E-state index in [9.17, 15) is 9.90 Å². The number of hydrogen-bond acceptors (Lipinski definition) is 2. The molecule has 0 amide bonds. The van der Waals surface area contributed by atoms with Crippen LogP contribution >= 0.6 is 11.6 Å². The van der Waals surface area contributed by atoms with E-state index in [-0.39, 0.29) is 6.04 Å². The third-order valence-corrected chi connectivity index (χ3v) is 3.39. The van der Waals surface area contributed by atoms with Crippen LogP contribution in [0.4, 0.5) is 0 Å². The van der Waals surface area contributed by atoms with Crippen LogP contribution in [0, 0.1) is 5.92 Å². The lowest BCUT2D eigenvalue weighted by molar-refractivity contribution is -0.143. The lowest BCUT2D eigenvalue weighted by atomic mass is 10.1. The summed E-state index contributed by atoms with van der Waals surface area (Å²) in [4.78, 5) is 13.1. The number of halogens is 1. The van der Waals surface area contributed by atoms with E-state index in [1.54, 1.807) is 0 Å². The Labute approximate surface area is 106 Å². The van der Waals surface area contributed by atoms with Gasteiger partial charge in [0, 0.05) is 11.6 Å². The number of aliphatic carboxylic acids is 1. The first kappa shape index (κ1) is 12.4. The summed E-state index contributed by atoms with van der Waals surface area (Å²) < 4.78 is 0. The zero-order valence-electron chi connectivity index (χ0n) is 9.77. The molecule has 1 aromatic rings. The summed E-state index contributed by atoms with van der Waals surface area (Å²) in [5.74, 6) is -0.395. The highest BCUT2D eigenvalue weighted by molar-refractivity contribution is 6.30. The molecule has 0 aromatic heterocycles. The number of nitrogens with zero attached hydrogens (tertiary/aromatic N) is 1. The Morgan fingerprint density at radius 1 is 1.47 bits per heavy atom. The Morgan fingerprint density at radius 2 is 2.06 bits per heavy atom. The van der Waals surface area contributed by atoms with Crippen molar-refractivity contribution >= 4 is 17.6 Å². The molecule has 17 heavy (non-hydrogen) atoms. The van der Waals surface area contributed by atoms with Crippen molar-refractivity contribution in [3.05, 3.63) is 34.9 Å². The number of benzene rings is 1. The van der Waals surface area contributed by atoms with E-state index in [4.69, 9.17) is 11.6 Å². The molecule has 3 nitrogen and oxygen atoms in total. The zero-order valence-corrected chi connectivity index (χ0v) is 10.5. The van der Waals surface area contributed by atoms with E-state index in [0.29, 0.717) is 17.5 Å². The molecule has 0 heterocycles. The summed E-state index contributed by atoms with van der Waals surface area (Å²) in [6.07, 6.45) is 2.06. The minimum Gasteiger partial charge on any atom is -0.480 e. The first-order valence-electron chi connectivity index (χ1n) is 5.75. The Bertz CT molecular complexity index is 400. The quantitative estimate of drug-likeness (QED) is 0.877. The third kappa shape index (κ3) is 3.20. The molecule has 1 aliphatic rings. The standard InChI is InChI=1S/C13H16ClNO2/c1-15(12(13(16)17)10-4-5-10)8-9-2-6-11(14)7-3-9/h2-3,6-7,10,12H,4-5,8H2,1H3,(H,16,17). The highest BCUT2D eigenvalue weighted by Crippen LogP contribution is 2.35. The smallest absolute Gasteiger partial charge is 0.321 e. The van der Waals surface area contributed by atoms with E-state index < -0.39 is 5.97 Å². The number of rotatable bonds is 5. The third-order valence-electron chi connectivity index (χ3n) is 3.14. The van der Waals surface area contributed by atoms with Gasteiger partial charge >= 0.3 is 5.97 Å². The second kappa shape index (κ2) is 5.07. The maximum absolute atomic E-state index is 11.2. The molecular weight excluding hydrogens is 238 g/mol. The minimum atomic E-state index is -0.719. The van der Waals surface area contributed by atoms with Gasteiger partial charge in [0.15, 0.2) is 0 Å². The Balaban J connectivity index is 2.01. The Kier molecular flexibility index (Phi) is 3.69. The predicted molar refractivity (Wildman–Crippen MR) is 67.1 cm³/mol. The highest BCUT2D eigenvalue weighted by Gasteiger charge is 2.38. The highest BCUT2D eigenvalue weighted by atomic mass is 35.5. The normalized spacial score (nSPS) is 17.1. The summed E-state index contributed by atoms with van der Waals surface area (Å²) >= 11 is 5.81. The van der Waals surface area contributed by atoms with Gasteiger partial charge in [0.25, 0.3) is 0 Å². The molecule has 0 saturated heterocycles. The maximum atomic E-state index is 11.2. The number of likely N-dealkylation sites (N-methyl/N-ethyl adjacent to an activating group) is 1. The van der Waals surface area contributed by atoms with Gasteiger partial charge in [-0.15, -0.1) is 0 Å². The van der Waals surface area contributed by atoms with Gasteiger partial charge in [-0.1, -0.05) is 23.7 Å². The lowest BCUT2D eigenvalue weighted by Crippen LogP contribution is -2.39. The minimum absolute atomic E-state index is 0.324. The average Bonchev–Trinajstić information content (AvgIpc) is 3.05. The van der Waals surface area contributed by atoms with Crippen LogP contribution < -0.4 is 0 Å². The fraction of sp³-hybridized carbons (Fsp3) is 0.462. The second-order valence-electron chi connectivity index (χ2n) is 4.66. The van der Waals surface area contributed by atoms with Crippen LogP contribution in [0.1, 0.15) is 18.4 Å². The Morgan fingerprint density at radius 3 is 2.53 bits per heavy atom. The maximum Gasteiger partial charge on any atom is 0.321 e. The van der Waals surface area contributed by atoms with E-state index in [1.165, 1.54) is 0 Å². The molecule has 1 unspecified atom stereocenters. The van der Waals surface area contributed by atoms with Crippen LogP contribution in [-0.4, -0.2) is 29.1 Å². The number of carbonyl (C=O) groups is 1. The van der Waals surface area contributed by atoms with E-state index in [0.717, 1.165) is 18.4 Å². The van der Waals surface area contributed by atoms with Gasteiger partial charge in [0.05, 0.1) is 0 Å². The zero-order chi connectivity index (χ0) is 12.4. The summed E-state index contributed by atoms with van der Waals surface area (Å²) in [6.45, 7) is 0.643.